The molecule has 1 fully saturated rings. The summed E-state index contributed by atoms with van der Waals surface area (Å²) in [5.74, 6) is 1.12. The second kappa shape index (κ2) is 10.4. The summed E-state index contributed by atoms with van der Waals surface area (Å²) >= 11 is 11.8. The first kappa shape index (κ1) is 22.7. The van der Waals surface area contributed by atoms with Gasteiger partial charge in [0.15, 0.2) is 11.9 Å². The SMILES string of the molecule is O=C(COc1ccc(Cl)cc1)CN1CCC(NC(=O)C2CNc3cc(Cl)ccc3O2)CC1. The first-order valence-corrected chi connectivity index (χ1v) is 11.3. The van der Waals surface area contributed by atoms with Crippen molar-refractivity contribution in [1.82, 2.24) is 10.2 Å². The number of carbonyl (C=O) groups is 2. The molecule has 7 nitrogen and oxygen atoms in total. The Kier molecular flexibility index (Phi) is 7.40. The van der Waals surface area contributed by atoms with E-state index in [0.717, 1.165) is 31.6 Å². The second-order valence-electron chi connectivity index (χ2n) is 7.97. The van der Waals surface area contributed by atoms with Crippen LogP contribution in [0.4, 0.5) is 5.69 Å². The van der Waals surface area contributed by atoms with Crippen LogP contribution in [0, 0.1) is 0 Å². The fraction of sp³-hybridized carbons (Fsp3) is 0.391. The average molecular weight is 478 g/mol. The number of nitrogens with zero attached hydrogens (tertiary/aromatic N) is 1. The van der Waals surface area contributed by atoms with Crippen LogP contribution in [0.25, 0.3) is 0 Å². The number of hydrogen-bond donors (Lipinski definition) is 2. The van der Waals surface area contributed by atoms with Crippen LogP contribution in [0.3, 0.4) is 0 Å². The van der Waals surface area contributed by atoms with Crippen LogP contribution in [0.5, 0.6) is 11.5 Å². The van der Waals surface area contributed by atoms with Gasteiger partial charge in [0.2, 0.25) is 0 Å². The van der Waals surface area contributed by atoms with Crippen LogP contribution < -0.4 is 20.1 Å². The van der Waals surface area contributed by atoms with Crippen molar-refractivity contribution >= 4 is 40.6 Å². The van der Waals surface area contributed by atoms with E-state index in [0.29, 0.717) is 34.6 Å². The summed E-state index contributed by atoms with van der Waals surface area (Å²) in [6.07, 6.45) is 0.973. The summed E-state index contributed by atoms with van der Waals surface area (Å²) in [6.45, 7) is 2.23. The number of ketones is 1. The van der Waals surface area contributed by atoms with Crippen LogP contribution in [-0.2, 0) is 9.59 Å². The van der Waals surface area contributed by atoms with Gasteiger partial charge in [0.25, 0.3) is 5.91 Å². The van der Waals surface area contributed by atoms with Gasteiger partial charge in [-0.05, 0) is 55.3 Å². The Morgan fingerprint density at radius 3 is 2.56 bits per heavy atom. The molecule has 2 aromatic carbocycles. The van der Waals surface area contributed by atoms with E-state index < -0.39 is 6.10 Å². The van der Waals surface area contributed by atoms with Crippen molar-refractivity contribution in [3.05, 3.63) is 52.5 Å². The highest BCUT2D eigenvalue weighted by Gasteiger charge is 2.29. The van der Waals surface area contributed by atoms with Crippen LogP contribution >= 0.6 is 23.2 Å². The summed E-state index contributed by atoms with van der Waals surface area (Å²) in [6, 6.07) is 12.3. The van der Waals surface area contributed by atoms with Gasteiger partial charge >= 0.3 is 0 Å². The molecule has 0 bridgehead atoms. The van der Waals surface area contributed by atoms with Crippen molar-refractivity contribution in [1.29, 1.82) is 0 Å². The molecule has 0 spiro atoms. The largest absolute Gasteiger partial charge is 0.486 e. The maximum atomic E-state index is 12.6. The molecule has 4 rings (SSSR count). The summed E-state index contributed by atoms with van der Waals surface area (Å²) in [7, 11) is 0. The quantitative estimate of drug-likeness (QED) is 0.635. The zero-order valence-corrected chi connectivity index (χ0v) is 19.0. The van der Waals surface area contributed by atoms with Crippen molar-refractivity contribution in [3.8, 4) is 11.5 Å². The third-order valence-electron chi connectivity index (χ3n) is 5.53. The molecule has 1 amide bonds. The van der Waals surface area contributed by atoms with Crippen molar-refractivity contribution in [2.24, 2.45) is 0 Å². The number of rotatable bonds is 7. The van der Waals surface area contributed by atoms with Crippen LogP contribution in [0.2, 0.25) is 10.0 Å². The number of halogens is 2. The molecule has 2 aliphatic heterocycles. The lowest BCUT2D eigenvalue weighted by molar-refractivity contribution is -0.129. The predicted octanol–water partition coefficient (Wildman–Crippen LogP) is 3.40. The lowest BCUT2D eigenvalue weighted by Crippen LogP contribution is -2.51. The Balaban J connectivity index is 1.17. The Morgan fingerprint density at radius 2 is 1.81 bits per heavy atom. The van der Waals surface area contributed by atoms with Crippen molar-refractivity contribution in [2.75, 3.05) is 38.1 Å². The maximum absolute atomic E-state index is 12.6. The number of anilines is 1. The van der Waals surface area contributed by atoms with Crippen LogP contribution in [0.15, 0.2) is 42.5 Å². The van der Waals surface area contributed by atoms with Crippen molar-refractivity contribution in [3.63, 3.8) is 0 Å². The highest BCUT2D eigenvalue weighted by atomic mass is 35.5. The molecule has 170 valence electrons. The Hall–Kier alpha value is -2.48. The fourth-order valence-electron chi connectivity index (χ4n) is 3.81. The molecule has 2 aromatic rings. The summed E-state index contributed by atoms with van der Waals surface area (Å²) in [5, 5.41) is 7.51. The molecular weight excluding hydrogens is 453 g/mol. The monoisotopic (exact) mass is 477 g/mol. The lowest BCUT2D eigenvalue weighted by Gasteiger charge is -2.33. The number of Topliss-reactive ketones (excluding diaryl/α,β-unsaturated/α-hetero) is 1. The van der Waals surface area contributed by atoms with E-state index in [9.17, 15) is 9.59 Å². The van der Waals surface area contributed by atoms with Gasteiger partial charge in [-0.1, -0.05) is 23.2 Å². The molecular formula is C23H25Cl2N3O4. The Bertz CT molecular complexity index is 962. The first-order valence-electron chi connectivity index (χ1n) is 10.6. The normalized spacial score (nSPS) is 18.8. The zero-order valence-electron chi connectivity index (χ0n) is 17.5. The number of ether oxygens (including phenoxy) is 2. The first-order chi connectivity index (χ1) is 15.5. The Labute approximate surface area is 197 Å². The van der Waals surface area contributed by atoms with E-state index in [1.165, 1.54) is 0 Å². The van der Waals surface area contributed by atoms with E-state index in [1.54, 1.807) is 42.5 Å². The van der Waals surface area contributed by atoms with E-state index in [2.05, 4.69) is 15.5 Å². The topological polar surface area (TPSA) is 79.9 Å². The van der Waals surface area contributed by atoms with Gasteiger partial charge < -0.3 is 20.1 Å². The number of fused-ring (bicyclic) bond motifs is 1. The number of likely N-dealkylation sites (tertiary alicyclic amines) is 1. The molecule has 9 heteroatoms. The molecule has 2 heterocycles. The standard InChI is InChI=1S/C23H25Cl2N3O4/c24-15-1-4-19(5-2-15)31-14-18(29)13-28-9-7-17(8-10-28)27-23(30)22-12-26-20-11-16(25)3-6-21(20)32-22/h1-6,11,17,22,26H,7-10,12-14H2,(H,27,30). The van der Waals surface area contributed by atoms with E-state index in [1.807, 2.05) is 0 Å². The Morgan fingerprint density at radius 1 is 1.09 bits per heavy atom. The fourth-order valence-corrected chi connectivity index (χ4v) is 4.10. The minimum Gasteiger partial charge on any atom is -0.486 e. The average Bonchev–Trinajstić information content (AvgIpc) is 2.79. The highest BCUT2D eigenvalue weighted by molar-refractivity contribution is 6.31. The number of hydrogen-bond acceptors (Lipinski definition) is 6. The molecule has 0 radical (unpaired) electrons. The third-order valence-corrected chi connectivity index (χ3v) is 6.02. The highest BCUT2D eigenvalue weighted by Crippen LogP contribution is 2.31. The summed E-state index contributed by atoms with van der Waals surface area (Å²) in [4.78, 5) is 27.0. The van der Waals surface area contributed by atoms with Gasteiger partial charge in [-0.2, -0.15) is 0 Å². The van der Waals surface area contributed by atoms with Crippen molar-refractivity contribution < 1.29 is 19.1 Å². The van der Waals surface area contributed by atoms with Gasteiger partial charge in [0, 0.05) is 29.2 Å². The predicted molar refractivity (Wildman–Crippen MR) is 124 cm³/mol. The molecule has 0 aromatic heterocycles. The molecule has 0 saturated carbocycles. The smallest absolute Gasteiger partial charge is 0.263 e. The summed E-state index contributed by atoms with van der Waals surface area (Å²) in [5.41, 5.74) is 0.791. The van der Waals surface area contributed by atoms with E-state index in [4.69, 9.17) is 32.7 Å². The zero-order chi connectivity index (χ0) is 22.5. The minimum absolute atomic E-state index is 0.0166. The molecule has 0 aliphatic carbocycles. The number of nitrogens with one attached hydrogen (secondary N) is 2. The maximum Gasteiger partial charge on any atom is 0.263 e. The van der Waals surface area contributed by atoms with Crippen LogP contribution in [-0.4, -0.2) is 61.5 Å². The molecule has 32 heavy (non-hydrogen) atoms. The number of amides is 1. The lowest BCUT2D eigenvalue weighted by atomic mass is 10.0. The number of benzene rings is 2. The van der Waals surface area contributed by atoms with Crippen molar-refractivity contribution in [2.45, 2.75) is 25.0 Å². The molecule has 1 saturated heterocycles. The van der Waals surface area contributed by atoms with Crippen LogP contribution in [0.1, 0.15) is 12.8 Å². The van der Waals surface area contributed by atoms with Gasteiger partial charge in [0.1, 0.15) is 18.1 Å². The van der Waals surface area contributed by atoms with Gasteiger partial charge in [-0.15, -0.1) is 0 Å². The second-order valence-corrected chi connectivity index (χ2v) is 8.84. The molecule has 1 atom stereocenters. The molecule has 2 aliphatic rings. The number of piperidine rings is 1. The van der Waals surface area contributed by atoms with E-state index in [-0.39, 0.29) is 24.3 Å². The molecule has 2 N–H and O–H groups in total. The van der Waals surface area contributed by atoms with Gasteiger partial charge in [0.05, 0.1) is 18.8 Å². The van der Waals surface area contributed by atoms with Gasteiger partial charge in [-0.3, -0.25) is 14.5 Å². The minimum atomic E-state index is -0.590. The molecule has 1 unspecified atom stereocenters. The van der Waals surface area contributed by atoms with Gasteiger partial charge in [-0.25, -0.2) is 0 Å². The van der Waals surface area contributed by atoms with E-state index >= 15 is 0 Å². The summed E-state index contributed by atoms with van der Waals surface area (Å²) < 4.78 is 11.3. The number of carbonyl (C=O) groups excluding carboxylic acids is 2. The third kappa shape index (κ3) is 6.06.